The normalized spacial score (nSPS) is 16.4. The van der Waals surface area contributed by atoms with Gasteiger partial charge in [-0.25, -0.2) is 0 Å². The molecule has 2 rings (SSSR count). The number of nitrogens with zero attached hydrogens (tertiary/aromatic N) is 2. The number of hydrogen-bond acceptors (Lipinski definition) is 4. The first-order valence-corrected chi connectivity index (χ1v) is 5.01. The van der Waals surface area contributed by atoms with E-state index in [-0.39, 0.29) is 13.0 Å². The molecule has 0 saturated carbocycles. The van der Waals surface area contributed by atoms with E-state index in [2.05, 4.69) is 10.3 Å². The summed E-state index contributed by atoms with van der Waals surface area (Å²) in [6.45, 7) is 9.82. The van der Waals surface area contributed by atoms with Crippen LogP contribution in [0.15, 0.2) is 15.7 Å². The third-order valence-electron chi connectivity index (χ3n) is 1.88. The van der Waals surface area contributed by atoms with Crippen molar-refractivity contribution in [3.8, 4) is 0 Å². The summed E-state index contributed by atoms with van der Waals surface area (Å²) in [5.41, 5.74) is 2.00. The van der Waals surface area contributed by atoms with E-state index in [0.29, 0.717) is 0 Å². The molecule has 4 heteroatoms. The lowest BCUT2D eigenvalue weighted by atomic mass is 10.0. The number of aryl methyl sites for hydroxylation is 2. The Balaban J connectivity index is 0.000000267. The largest absolute Gasteiger partial charge is 0.389 e. The molecule has 92 valence electrons. The van der Waals surface area contributed by atoms with Crippen LogP contribution in [0.2, 0.25) is 0 Å². The molecule has 16 heavy (non-hydrogen) atoms. The highest BCUT2D eigenvalue weighted by Gasteiger charge is 2.25. The maximum Gasteiger partial charge on any atom is 0.137 e. The number of aromatic nitrogens is 1. The second-order valence-corrected chi connectivity index (χ2v) is 4.43. The fraction of sp³-hybridized carbons (Fsp3) is 0.667. The molecule has 1 aliphatic rings. The molecule has 0 unspecified atom stereocenters. The van der Waals surface area contributed by atoms with E-state index in [4.69, 9.17) is 9.36 Å². The van der Waals surface area contributed by atoms with Crippen molar-refractivity contribution in [3.63, 3.8) is 0 Å². The van der Waals surface area contributed by atoms with E-state index in [1.54, 1.807) is 0 Å². The minimum absolute atomic E-state index is 0. The van der Waals surface area contributed by atoms with Crippen LogP contribution < -0.4 is 0 Å². The molecule has 2 heterocycles. The first kappa shape index (κ1) is 14.7. The Hall–Kier alpha value is -1.32. The van der Waals surface area contributed by atoms with Gasteiger partial charge >= 0.3 is 0 Å². The molecule has 0 radical (unpaired) electrons. The summed E-state index contributed by atoms with van der Waals surface area (Å²) >= 11 is 0. The first-order chi connectivity index (χ1) is 6.89. The van der Waals surface area contributed by atoms with Gasteiger partial charge < -0.3 is 9.36 Å². The van der Waals surface area contributed by atoms with Crippen molar-refractivity contribution in [2.75, 3.05) is 0 Å². The predicted molar refractivity (Wildman–Crippen MR) is 65.6 cm³/mol. The molecular weight excluding hydrogens is 204 g/mol. The van der Waals surface area contributed by atoms with E-state index in [1.807, 2.05) is 40.7 Å². The van der Waals surface area contributed by atoms with Gasteiger partial charge in [0.25, 0.3) is 0 Å². The summed E-state index contributed by atoms with van der Waals surface area (Å²) in [5, 5.41) is 7.45. The van der Waals surface area contributed by atoms with Gasteiger partial charge in [0.05, 0.1) is 11.4 Å². The molecule has 1 aromatic heterocycles. The van der Waals surface area contributed by atoms with Crippen LogP contribution in [0.4, 0.5) is 0 Å². The maximum absolute atomic E-state index is 5.04. The van der Waals surface area contributed by atoms with Gasteiger partial charge in [-0.3, -0.25) is 0 Å². The lowest BCUT2D eigenvalue weighted by molar-refractivity contribution is 0.0123. The van der Waals surface area contributed by atoms with E-state index < -0.39 is 0 Å². The smallest absolute Gasteiger partial charge is 0.137 e. The van der Waals surface area contributed by atoms with Crippen molar-refractivity contribution in [1.82, 2.24) is 5.16 Å². The van der Waals surface area contributed by atoms with Gasteiger partial charge in [0.15, 0.2) is 0 Å². The van der Waals surface area contributed by atoms with Gasteiger partial charge in [-0.15, -0.1) is 0 Å². The van der Waals surface area contributed by atoms with Crippen molar-refractivity contribution in [3.05, 3.63) is 17.5 Å². The second kappa shape index (κ2) is 5.68. The van der Waals surface area contributed by atoms with Gasteiger partial charge in [-0.05, 0) is 34.6 Å². The highest BCUT2D eigenvalue weighted by molar-refractivity contribution is 5.83. The Kier molecular flexibility index (Phi) is 5.21. The minimum atomic E-state index is -0.0376. The van der Waals surface area contributed by atoms with E-state index in [0.717, 1.165) is 23.6 Å². The standard InChI is InChI=1S/C6H11NO.C5H7NO.CH4/c1-5-4-6(2,3)8-7-5;1-4-3-5(2)7-6-4;/h4H2,1-3H3;3H,1-2H3;1H4. The van der Waals surface area contributed by atoms with Crippen LogP contribution in [0.5, 0.6) is 0 Å². The van der Waals surface area contributed by atoms with Crippen LogP contribution in [-0.4, -0.2) is 16.5 Å². The van der Waals surface area contributed by atoms with Crippen molar-refractivity contribution >= 4 is 5.71 Å². The molecule has 0 bridgehead atoms. The van der Waals surface area contributed by atoms with Crippen molar-refractivity contribution in [2.45, 2.75) is 54.1 Å². The third-order valence-corrected chi connectivity index (χ3v) is 1.88. The molecule has 4 nitrogen and oxygen atoms in total. The van der Waals surface area contributed by atoms with Crippen LogP contribution in [0, 0.1) is 13.8 Å². The van der Waals surface area contributed by atoms with Crippen LogP contribution >= 0.6 is 0 Å². The molecule has 0 aliphatic carbocycles. The topological polar surface area (TPSA) is 47.6 Å². The summed E-state index contributed by atoms with van der Waals surface area (Å²) in [7, 11) is 0. The quantitative estimate of drug-likeness (QED) is 0.680. The third kappa shape index (κ3) is 4.96. The second-order valence-electron chi connectivity index (χ2n) is 4.43. The molecule has 0 amide bonds. The van der Waals surface area contributed by atoms with Gasteiger partial charge in [-0.1, -0.05) is 17.7 Å². The Morgan fingerprint density at radius 2 is 1.88 bits per heavy atom. The maximum atomic E-state index is 5.04. The summed E-state index contributed by atoms with van der Waals surface area (Å²) in [6, 6.07) is 1.89. The summed E-state index contributed by atoms with van der Waals surface area (Å²) in [4.78, 5) is 5.04. The average Bonchev–Trinajstić information content (AvgIpc) is 2.59. The van der Waals surface area contributed by atoms with Gasteiger partial charge in [0, 0.05) is 12.5 Å². The van der Waals surface area contributed by atoms with Gasteiger partial charge in [0.2, 0.25) is 0 Å². The predicted octanol–water partition coefficient (Wildman–Crippen LogP) is 3.49. The molecule has 0 atom stereocenters. The lowest BCUT2D eigenvalue weighted by Crippen LogP contribution is -2.17. The average molecular weight is 226 g/mol. The Bertz CT molecular complexity index is 337. The highest BCUT2D eigenvalue weighted by atomic mass is 16.7. The van der Waals surface area contributed by atoms with Crippen LogP contribution in [0.1, 0.15) is 46.1 Å². The summed E-state index contributed by atoms with van der Waals surface area (Å²) in [5.74, 6) is 0.873. The molecule has 0 aromatic carbocycles. The minimum Gasteiger partial charge on any atom is -0.389 e. The van der Waals surface area contributed by atoms with Crippen LogP contribution in [-0.2, 0) is 4.84 Å². The fourth-order valence-corrected chi connectivity index (χ4v) is 1.37. The summed E-state index contributed by atoms with van der Waals surface area (Å²) < 4.78 is 4.71. The molecule has 1 aliphatic heterocycles. The van der Waals surface area contributed by atoms with E-state index in [1.165, 1.54) is 0 Å². The molecule has 0 spiro atoms. The highest BCUT2D eigenvalue weighted by Crippen LogP contribution is 2.21. The number of oxime groups is 1. The van der Waals surface area contributed by atoms with Crippen molar-refractivity contribution in [2.24, 2.45) is 5.16 Å². The Morgan fingerprint density at radius 3 is 2.00 bits per heavy atom. The molecule has 0 N–H and O–H groups in total. The lowest BCUT2D eigenvalue weighted by Gasteiger charge is -2.12. The van der Waals surface area contributed by atoms with Crippen molar-refractivity contribution in [1.29, 1.82) is 0 Å². The van der Waals surface area contributed by atoms with Crippen molar-refractivity contribution < 1.29 is 9.36 Å². The Morgan fingerprint density at radius 1 is 1.25 bits per heavy atom. The zero-order valence-electron chi connectivity index (χ0n) is 10.00. The monoisotopic (exact) mass is 226 g/mol. The van der Waals surface area contributed by atoms with Gasteiger partial charge in [-0.2, -0.15) is 0 Å². The first-order valence-electron chi connectivity index (χ1n) is 5.01. The molecule has 0 fully saturated rings. The zero-order chi connectivity index (χ0) is 11.5. The van der Waals surface area contributed by atoms with Crippen LogP contribution in [0.25, 0.3) is 0 Å². The van der Waals surface area contributed by atoms with E-state index >= 15 is 0 Å². The van der Waals surface area contributed by atoms with Crippen LogP contribution in [0.3, 0.4) is 0 Å². The Labute approximate surface area is 97.6 Å². The molecular formula is C12H22N2O2. The molecule has 0 saturated heterocycles. The fourth-order valence-electron chi connectivity index (χ4n) is 1.37. The SMILES string of the molecule is C.CC1=NOC(C)(C)C1.Cc1cc(C)on1. The van der Waals surface area contributed by atoms with Gasteiger partial charge in [0.1, 0.15) is 11.4 Å². The van der Waals surface area contributed by atoms with E-state index in [9.17, 15) is 0 Å². The summed E-state index contributed by atoms with van der Waals surface area (Å²) in [6.07, 6.45) is 0.965. The number of rotatable bonds is 0. The number of hydrogen-bond donors (Lipinski definition) is 0. The zero-order valence-corrected chi connectivity index (χ0v) is 10.00. The molecule has 1 aromatic rings.